The molecule has 2 aromatic carbocycles. The van der Waals surface area contributed by atoms with Gasteiger partial charge in [0.1, 0.15) is 5.82 Å². The van der Waals surface area contributed by atoms with E-state index in [0.29, 0.717) is 5.56 Å². The number of rotatable bonds is 2. The summed E-state index contributed by atoms with van der Waals surface area (Å²) in [7, 11) is 0. The van der Waals surface area contributed by atoms with Crippen LogP contribution in [0.1, 0.15) is 16.5 Å². The molecule has 0 spiro atoms. The molecule has 1 aliphatic heterocycles. The van der Waals surface area contributed by atoms with Crippen LogP contribution in [0.2, 0.25) is 0 Å². The van der Waals surface area contributed by atoms with E-state index in [1.54, 1.807) is 23.5 Å². The van der Waals surface area contributed by atoms with Crippen LogP contribution in [0.25, 0.3) is 16.7 Å². The molecule has 0 fully saturated rings. The predicted octanol–water partition coefficient (Wildman–Crippen LogP) is 6.06. The fourth-order valence-corrected chi connectivity index (χ4v) is 4.83. The van der Waals surface area contributed by atoms with Crippen LogP contribution in [-0.4, -0.2) is 9.55 Å². The van der Waals surface area contributed by atoms with Gasteiger partial charge in [0.15, 0.2) is 0 Å². The lowest BCUT2D eigenvalue weighted by atomic mass is 10.1. The molecule has 6 heteroatoms. The van der Waals surface area contributed by atoms with Gasteiger partial charge in [0.25, 0.3) is 0 Å². The number of hydrogen-bond donors (Lipinski definition) is 1. The monoisotopic (exact) mass is 425 g/mol. The molecule has 1 aliphatic rings. The molecule has 4 aromatic rings. The SMILES string of the molecule is Fc1ccccc1C1=CC(c2ccc(Br)s2)n2c(nc3ccccc32)N1. The van der Waals surface area contributed by atoms with Crippen molar-refractivity contribution in [3.63, 3.8) is 0 Å². The van der Waals surface area contributed by atoms with Gasteiger partial charge in [0, 0.05) is 16.1 Å². The molecule has 0 amide bonds. The van der Waals surface area contributed by atoms with Crippen molar-refractivity contribution in [1.82, 2.24) is 9.55 Å². The zero-order valence-electron chi connectivity index (χ0n) is 13.5. The van der Waals surface area contributed by atoms with E-state index in [4.69, 9.17) is 4.98 Å². The van der Waals surface area contributed by atoms with Crippen molar-refractivity contribution in [2.24, 2.45) is 0 Å². The molecule has 0 saturated carbocycles. The van der Waals surface area contributed by atoms with Gasteiger partial charge in [-0.2, -0.15) is 0 Å². The Morgan fingerprint density at radius 2 is 1.85 bits per heavy atom. The van der Waals surface area contributed by atoms with Crippen molar-refractivity contribution >= 4 is 49.9 Å². The van der Waals surface area contributed by atoms with Crippen LogP contribution in [0.3, 0.4) is 0 Å². The number of nitrogens with one attached hydrogen (secondary N) is 1. The number of aromatic nitrogens is 2. The van der Waals surface area contributed by atoms with Gasteiger partial charge in [-0.1, -0.05) is 24.3 Å². The second-order valence-corrected chi connectivity index (χ2v) is 8.56. The third-order valence-corrected chi connectivity index (χ3v) is 6.19. The van der Waals surface area contributed by atoms with Crippen molar-refractivity contribution in [2.45, 2.75) is 6.04 Å². The van der Waals surface area contributed by atoms with Crippen molar-refractivity contribution in [2.75, 3.05) is 5.32 Å². The Morgan fingerprint density at radius 1 is 1.04 bits per heavy atom. The van der Waals surface area contributed by atoms with Crippen LogP contribution < -0.4 is 5.32 Å². The fraction of sp³-hybridized carbons (Fsp3) is 0.0500. The number of thiophene rings is 1. The number of benzene rings is 2. The number of anilines is 1. The van der Waals surface area contributed by atoms with E-state index in [-0.39, 0.29) is 11.9 Å². The van der Waals surface area contributed by atoms with E-state index in [0.717, 1.165) is 31.3 Å². The molecule has 128 valence electrons. The van der Waals surface area contributed by atoms with Gasteiger partial charge in [-0.3, -0.25) is 4.57 Å². The highest BCUT2D eigenvalue weighted by molar-refractivity contribution is 9.11. The molecule has 3 heterocycles. The highest BCUT2D eigenvalue weighted by Crippen LogP contribution is 2.40. The van der Waals surface area contributed by atoms with Crippen molar-refractivity contribution in [3.8, 4) is 0 Å². The first kappa shape index (κ1) is 15.8. The Balaban J connectivity index is 1.74. The molecule has 0 bridgehead atoms. The summed E-state index contributed by atoms with van der Waals surface area (Å²) in [6, 6.07) is 18.9. The van der Waals surface area contributed by atoms with Crippen LogP contribution in [0.4, 0.5) is 10.3 Å². The van der Waals surface area contributed by atoms with Gasteiger partial charge in [-0.25, -0.2) is 9.37 Å². The van der Waals surface area contributed by atoms with E-state index in [1.807, 2.05) is 30.3 Å². The van der Waals surface area contributed by atoms with E-state index in [9.17, 15) is 4.39 Å². The number of fused-ring (bicyclic) bond motifs is 3. The Labute approximate surface area is 161 Å². The van der Waals surface area contributed by atoms with Crippen molar-refractivity contribution in [3.05, 3.63) is 86.8 Å². The zero-order valence-corrected chi connectivity index (χ0v) is 15.9. The van der Waals surface area contributed by atoms with Crippen molar-refractivity contribution < 1.29 is 4.39 Å². The lowest BCUT2D eigenvalue weighted by Crippen LogP contribution is -2.18. The smallest absolute Gasteiger partial charge is 0.209 e. The predicted molar refractivity (Wildman–Crippen MR) is 108 cm³/mol. The Kier molecular flexibility index (Phi) is 3.69. The maximum absolute atomic E-state index is 14.4. The number of imidazole rings is 1. The molecule has 0 saturated heterocycles. The highest BCUT2D eigenvalue weighted by Gasteiger charge is 2.27. The molecular weight excluding hydrogens is 413 g/mol. The minimum atomic E-state index is -0.248. The molecule has 0 radical (unpaired) electrons. The standard InChI is InChI=1S/C20H13BrFN3S/c21-19-10-9-18(26-19)17-11-15(12-5-1-2-6-13(12)22)24-20-23-14-7-3-4-8-16(14)25(17)20/h1-11,17H,(H,23,24). The van der Waals surface area contributed by atoms with Crippen molar-refractivity contribution in [1.29, 1.82) is 0 Å². The van der Waals surface area contributed by atoms with Gasteiger partial charge >= 0.3 is 0 Å². The number of nitrogens with zero attached hydrogens (tertiary/aromatic N) is 2. The molecular formula is C20H13BrFN3S. The zero-order chi connectivity index (χ0) is 17.7. The summed E-state index contributed by atoms with van der Waals surface area (Å²) < 4.78 is 17.6. The maximum atomic E-state index is 14.4. The normalized spacial score (nSPS) is 16.2. The second-order valence-electron chi connectivity index (χ2n) is 6.07. The van der Waals surface area contributed by atoms with E-state index in [2.05, 4.69) is 44.0 Å². The number of allylic oxidation sites excluding steroid dienone is 1. The summed E-state index contributed by atoms with van der Waals surface area (Å²) in [4.78, 5) is 5.89. The Morgan fingerprint density at radius 3 is 2.65 bits per heavy atom. The molecule has 1 N–H and O–H groups in total. The van der Waals surface area contributed by atoms with E-state index in [1.165, 1.54) is 6.07 Å². The molecule has 1 unspecified atom stereocenters. The van der Waals surface area contributed by atoms with Crippen LogP contribution in [0.15, 0.2) is 70.5 Å². The first-order chi connectivity index (χ1) is 12.7. The van der Waals surface area contributed by atoms with E-state index >= 15 is 0 Å². The van der Waals surface area contributed by atoms with Crippen LogP contribution in [0.5, 0.6) is 0 Å². The third kappa shape index (κ3) is 2.48. The van der Waals surface area contributed by atoms with Gasteiger partial charge in [-0.05, 0) is 58.4 Å². The molecule has 1 atom stereocenters. The number of halogens is 2. The lowest BCUT2D eigenvalue weighted by molar-refractivity contribution is 0.623. The molecule has 3 nitrogen and oxygen atoms in total. The second kappa shape index (κ2) is 6.07. The third-order valence-electron chi connectivity index (χ3n) is 4.49. The summed E-state index contributed by atoms with van der Waals surface area (Å²) >= 11 is 5.22. The Bertz CT molecular complexity index is 1160. The minimum absolute atomic E-state index is 0.0513. The first-order valence-electron chi connectivity index (χ1n) is 8.16. The minimum Gasteiger partial charge on any atom is -0.325 e. The lowest BCUT2D eigenvalue weighted by Gasteiger charge is -2.25. The van der Waals surface area contributed by atoms with Gasteiger partial charge in [0.05, 0.1) is 20.9 Å². The summed E-state index contributed by atoms with van der Waals surface area (Å²) in [6.07, 6.45) is 2.07. The number of para-hydroxylation sites is 2. The summed E-state index contributed by atoms with van der Waals surface area (Å²) in [5.74, 6) is 0.475. The van der Waals surface area contributed by atoms with Crippen LogP contribution in [0, 0.1) is 5.82 Å². The summed E-state index contributed by atoms with van der Waals surface area (Å²) in [5, 5.41) is 3.32. The molecule has 0 aliphatic carbocycles. The largest absolute Gasteiger partial charge is 0.325 e. The fourth-order valence-electron chi connectivity index (χ4n) is 3.34. The summed E-state index contributed by atoms with van der Waals surface area (Å²) in [6.45, 7) is 0. The van der Waals surface area contributed by atoms with Gasteiger partial charge in [0.2, 0.25) is 5.95 Å². The van der Waals surface area contributed by atoms with E-state index < -0.39 is 0 Å². The topological polar surface area (TPSA) is 29.9 Å². The molecule has 5 rings (SSSR count). The quantitative estimate of drug-likeness (QED) is 0.423. The van der Waals surface area contributed by atoms with Gasteiger partial charge in [-0.15, -0.1) is 11.3 Å². The van der Waals surface area contributed by atoms with Crippen LogP contribution in [-0.2, 0) is 0 Å². The highest BCUT2D eigenvalue weighted by atomic mass is 79.9. The Hall–Kier alpha value is -2.44. The number of hydrogen-bond acceptors (Lipinski definition) is 3. The molecule has 2 aromatic heterocycles. The van der Waals surface area contributed by atoms with Gasteiger partial charge < -0.3 is 5.32 Å². The maximum Gasteiger partial charge on any atom is 0.209 e. The average Bonchev–Trinajstić information content (AvgIpc) is 3.24. The van der Waals surface area contributed by atoms with Crippen LogP contribution >= 0.6 is 27.3 Å². The molecule has 26 heavy (non-hydrogen) atoms. The first-order valence-corrected chi connectivity index (χ1v) is 9.77. The summed E-state index contributed by atoms with van der Waals surface area (Å²) in [5.41, 5.74) is 3.25. The average molecular weight is 426 g/mol.